The van der Waals surface area contributed by atoms with Gasteiger partial charge in [0.25, 0.3) is 0 Å². The molecular formula is C18H22N2OS. The van der Waals surface area contributed by atoms with Gasteiger partial charge in [0.1, 0.15) is 0 Å². The van der Waals surface area contributed by atoms with E-state index in [1.54, 1.807) is 11.3 Å². The Labute approximate surface area is 136 Å². The van der Waals surface area contributed by atoms with Crippen molar-refractivity contribution in [2.24, 2.45) is 0 Å². The van der Waals surface area contributed by atoms with Crippen molar-refractivity contribution in [1.29, 1.82) is 0 Å². The van der Waals surface area contributed by atoms with E-state index in [1.165, 1.54) is 16.0 Å². The first-order valence-electron chi connectivity index (χ1n) is 7.85. The first-order valence-corrected chi connectivity index (χ1v) is 8.73. The van der Waals surface area contributed by atoms with Gasteiger partial charge in [0, 0.05) is 30.4 Å². The molecule has 0 radical (unpaired) electrons. The molecule has 2 heterocycles. The summed E-state index contributed by atoms with van der Waals surface area (Å²) in [6.45, 7) is 4.60. The molecule has 0 aliphatic carbocycles. The molecule has 1 aromatic heterocycles. The number of carbonyl (C=O) groups excluding carboxylic acids is 1. The monoisotopic (exact) mass is 314 g/mol. The van der Waals surface area contributed by atoms with Crippen LogP contribution in [0.1, 0.15) is 41.8 Å². The molecule has 1 aromatic carbocycles. The van der Waals surface area contributed by atoms with Crippen LogP contribution in [0.25, 0.3) is 0 Å². The normalized spacial score (nSPS) is 14.9. The molecule has 3 rings (SSSR count). The fourth-order valence-electron chi connectivity index (χ4n) is 2.86. The van der Waals surface area contributed by atoms with Crippen molar-refractivity contribution in [2.45, 2.75) is 38.9 Å². The molecule has 1 aliphatic heterocycles. The van der Waals surface area contributed by atoms with Gasteiger partial charge in [0.05, 0.1) is 0 Å². The number of hydrogen-bond donors (Lipinski definition) is 1. The van der Waals surface area contributed by atoms with Crippen molar-refractivity contribution in [3.05, 3.63) is 57.8 Å². The van der Waals surface area contributed by atoms with E-state index in [9.17, 15) is 4.79 Å². The smallest absolute Gasteiger partial charge is 0.223 e. The van der Waals surface area contributed by atoms with Gasteiger partial charge in [-0.3, -0.25) is 4.79 Å². The molecule has 1 N–H and O–H groups in total. The Morgan fingerprint density at radius 2 is 1.95 bits per heavy atom. The molecule has 116 valence electrons. The molecule has 1 aliphatic rings. The van der Waals surface area contributed by atoms with Gasteiger partial charge in [0.2, 0.25) is 5.91 Å². The summed E-state index contributed by atoms with van der Waals surface area (Å²) in [5.41, 5.74) is 2.58. The van der Waals surface area contributed by atoms with Gasteiger partial charge >= 0.3 is 0 Å². The lowest BCUT2D eigenvalue weighted by Gasteiger charge is -2.16. The highest BCUT2D eigenvalue weighted by Crippen LogP contribution is 2.23. The minimum absolute atomic E-state index is 0.266. The van der Waals surface area contributed by atoms with Crippen molar-refractivity contribution >= 4 is 17.2 Å². The van der Waals surface area contributed by atoms with Crippen LogP contribution >= 0.6 is 11.3 Å². The van der Waals surface area contributed by atoms with Gasteiger partial charge in [-0.1, -0.05) is 30.3 Å². The molecule has 0 saturated carbocycles. The van der Waals surface area contributed by atoms with E-state index in [0.717, 1.165) is 26.1 Å². The zero-order valence-electron chi connectivity index (χ0n) is 12.9. The molecule has 1 atom stereocenters. The maximum Gasteiger partial charge on any atom is 0.223 e. The number of nitrogens with zero attached hydrogens (tertiary/aromatic N) is 1. The number of benzene rings is 1. The lowest BCUT2D eigenvalue weighted by atomic mass is 10.1. The molecular weight excluding hydrogens is 292 g/mol. The first kappa shape index (κ1) is 15.3. The van der Waals surface area contributed by atoms with Gasteiger partial charge in [0.15, 0.2) is 0 Å². The number of fused-ring (bicyclic) bond motifs is 1. The van der Waals surface area contributed by atoms with Gasteiger partial charge in [-0.15, -0.1) is 11.3 Å². The van der Waals surface area contributed by atoms with Crippen LogP contribution in [-0.2, 0) is 17.9 Å². The van der Waals surface area contributed by atoms with Gasteiger partial charge in [-0.2, -0.15) is 0 Å². The largest absolute Gasteiger partial charge is 0.334 e. The fourth-order valence-corrected chi connectivity index (χ4v) is 3.62. The van der Waals surface area contributed by atoms with E-state index in [2.05, 4.69) is 41.9 Å². The zero-order chi connectivity index (χ0) is 15.4. The molecule has 0 fully saturated rings. The highest BCUT2D eigenvalue weighted by molar-refractivity contribution is 7.10. The molecule has 4 heteroatoms. The highest BCUT2D eigenvalue weighted by atomic mass is 32.1. The van der Waals surface area contributed by atoms with Crippen LogP contribution in [0.15, 0.2) is 41.8 Å². The van der Waals surface area contributed by atoms with Crippen molar-refractivity contribution < 1.29 is 4.79 Å². The summed E-state index contributed by atoms with van der Waals surface area (Å²) in [7, 11) is 0. The minimum Gasteiger partial charge on any atom is -0.334 e. The zero-order valence-corrected chi connectivity index (χ0v) is 13.7. The van der Waals surface area contributed by atoms with Crippen LogP contribution < -0.4 is 5.32 Å². The van der Waals surface area contributed by atoms with E-state index in [-0.39, 0.29) is 5.91 Å². The molecule has 22 heavy (non-hydrogen) atoms. The predicted octanol–water partition coefficient (Wildman–Crippen LogP) is 3.72. The molecule has 3 nitrogen and oxygen atoms in total. The Bertz CT molecular complexity index is 599. The topological polar surface area (TPSA) is 32.3 Å². The first-order chi connectivity index (χ1) is 10.7. The van der Waals surface area contributed by atoms with Gasteiger partial charge in [-0.25, -0.2) is 0 Å². The number of amides is 1. The van der Waals surface area contributed by atoms with E-state index < -0.39 is 0 Å². The van der Waals surface area contributed by atoms with E-state index >= 15 is 0 Å². The predicted molar refractivity (Wildman–Crippen MR) is 90.7 cm³/mol. The molecule has 0 saturated heterocycles. The maximum atomic E-state index is 12.3. The lowest BCUT2D eigenvalue weighted by Crippen LogP contribution is -2.26. The van der Waals surface area contributed by atoms with Crippen molar-refractivity contribution in [2.75, 3.05) is 6.54 Å². The SMILES string of the molecule is C[C@@H](NCCCC(=O)N1Cc2ccccc2C1)c1cccs1. The van der Waals surface area contributed by atoms with Crippen LogP contribution in [0, 0.1) is 0 Å². The number of carbonyl (C=O) groups is 1. The fraction of sp³-hybridized carbons (Fsp3) is 0.389. The second-order valence-electron chi connectivity index (χ2n) is 5.81. The van der Waals surface area contributed by atoms with Crippen LogP contribution in [0.5, 0.6) is 0 Å². The summed E-state index contributed by atoms with van der Waals surface area (Å²) in [5.74, 6) is 0.266. The minimum atomic E-state index is 0.266. The van der Waals surface area contributed by atoms with Crippen LogP contribution in [0.2, 0.25) is 0 Å². The average molecular weight is 314 g/mol. The Morgan fingerprint density at radius 3 is 2.59 bits per heavy atom. The van der Waals surface area contributed by atoms with Crippen molar-refractivity contribution in [3.8, 4) is 0 Å². The van der Waals surface area contributed by atoms with Crippen LogP contribution in [0.3, 0.4) is 0 Å². The Balaban J connectivity index is 1.39. The molecule has 1 amide bonds. The summed E-state index contributed by atoms with van der Waals surface area (Å²) in [5, 5.41) is 5.59. The summed E-state index contributed by atoms with van der Waals surface area (Å²) in [6.07, 6.45) is 1.51. The Morgan fingerprint density at radius 1 is 1.23 bits per heavy atom. The molecule has 0 bridgehead atoms. The van der Waals surface area contributed by atoms with E-state index in [4.69, 9.17) is 0 Å². The second-order valence-corrected chi connectivity index (χ2v) is 6.79. The summed E-state index contributed by atoms with van der Waals surface area (Å²) < 4.78 is 0. The van der Waals surface area contributed by atoms with Crippen LogP contribution in [-0.4, -0.2) is 17.4 Å². The average Bonchev–Trinajstić information content (AvgIpc) is 3.19. The third kappa shape index (κ3) is 3.57. The number of rotatable bonds is 6. The second kappa shape index (κ2) is 7.07. The quantitative estimate of drug-likeness (QED) is 0.824. The number of hydrogen-bond acceptors (Lipinski definition) is 3. The molecule has 0 unspecified atom stereocenters. The summed E-state index contributed by atoms with van der Waals surface area (Å²) >= 11 is 1.77. The third-order valence-corrected chi connectivity index (χ3v) is 5.24. The molecule has 2 aromatic rings. The van der Waals surface area contributed by atoms with Gasteiger partial charge in [-0.05, 0) is 42.5 Å². The molecule has 0 spiro atoms. The third-order valence-electron chi connectivity index (χ3n) is 4.18. The van der Waals surface area contributed by atoms with Crippen LogP contribution in [0.4, 0.5) is 0 Å². The Kier molecular flexibility index (Phi) is 4.90. The van der Waals surface area contributed by atoms with Gasteiger partial charge < -0.3 is 10.2 Å². The number of thiophene rings is 1. The lowest BCUT2D eigenvalue weighted by molar-refractivity contribution is -0.131. The van der Waals surface area contributed by atoms with E-state index in [1.807, 2.05) is 17.0 Å². The Hall–Kier alpha value is -1.65. The summed E-state index contributed by atoms with van der Waals surface area (Å²) in [4.78, 5) is 15.6. The van der Waals surface area contributed by atoms with Crippen molar-refractivity contribution in [3.63, 3.8) is 0 Å². The van der Waals surface area contributed by atoms with E-state index in [0.29, 0.717) is 12.5 Å². The highest BCUT2D eigenvalue weighted by Gasteiger charge is 2.22. The summed E-state index contributed by atoms with van der Waals surface area (Å²) in [6, 6.07) is 12.9. The van der Waals surface area contributed by atoms with Crippen molar-refractivity contribution in [1.82, 2.24) is 10.2 Å². The number of nitrogens with one attached hydrogen (secondary N) is 1. The maximum absolute atomic E-state index is 12.3. The standard InChI is InChI=1S/C18H22N2OS/c1-14(17-8-5-11-22-17)19-10-4-9-18(21)20-12-15-6-2-3-7-16(15)13-20/h2-3,5-8,11,14,19H,4,9-10,12-13H2,1H3/t14-/m1/s1.